The lowest BCUT2D eigenvalue weighted by atomic mass is 9.75. The molecule has 1 aromatic carbocycles. The average Bonchev–Trinajstić information content (AvgIpc) is 3.00. The quantitative estimate of drug-likeness (QED) is 0.136. The van der Waals surface area contributed by atoms with Crippen LogP contribution in [-0.2, 0) is 19.1 Å². The van der Waals surface area contributed by atoms with Crippen LogP contribution < -0.4 is 4.90 Å². The molecule has 7 nitrogen and oxygen atoms in total. The summed E-state index contributed by atoms with van der Waals surface area (Å²) in [7, 11) is 1.08. The fourth-order valence-corrected chi connectivity index (χ4v) is 3.23. The largest absolute Gasteiger partial charge is 0.460 e. The van der Waals surface area contributed by atoms with Gasteiger partial charge in [-0.3, -0.25) is 9.59 Å². The first-order chi connectivity index (χ1) is 12.5. The van der Waals surface area contributed by atoms with Crippen LogP contribution in [0.3, 0.4) is 0 Å². The van der Waals surface area contributed by atoms with Gasteiger partial charge in [0, 0.05) is 12.2 Å². The van der Waals surface area contributed by atoms with Gasteiger partial charge in [-0.2, -0.15) is 4.79 Å². The highest BCUT2D eigenvalue weighted by Gasteiger charge is 2.57. The first kappa shape index (κ1) is 19.3. The van der Waals surface area contributed by atoms with Crippen molar-refractivity contribution < 1.29 is 23.9 Å². The van der Waals surface area contributed by atoms with E-state index in [0.717, 1.165) is 7.11 Å². The average molecular weight is 355 g/mol. The van der Waals surface area contributed by atoms with Crippen LogP contribution in [0.4, 0.5) is 5.69 Å². The van der Waals surface area contributed by atoms with Gasteiger partial charge in [0.25, 0.3) is 5.78 Å². The SMILES string of the molecule is C=CCCCC1(C(=O)C(=[N+]=[N-])C(=O)OC)CCN(c2ccccc2)C1=O. The van der Waals surface area contributed by atoms with Crippen LogP contribution in [0.25, 0.3) is 5.53 Å². The number of para-hydroxylation sites is 1. The van der Waals surface area contributed by atoms with Gasteiger partial charge in [0.2, 0.25) is 5.91 Å². The Labute approximate surface area is 151 Å². The number of methoxy groups -OCH3 is 1. The van der Waals surface area contributed by atoms with Gasteiger partial charge in [0.1, 0.15) is 5.41 Å². The number of nitrogens with zero attached hydrogens (tertiary/aromatic N) is 3. The third-order valence-corrected chi connectivity index (χ3v) is 4.62. The highest BCUT2D eigenvalue weighted by molar-refractivity contribution is 6.65. The number of amides is 1. The molecular formula is C19H21N3O4. The van der Waals surface area contributed by atoms with Crippen molar-refractivity contribution in [2.24, 2.45) is 5.41 Å². The van der Waals surface area contributed by atoms with Gasteiger partial charge in [-0.05, 0) is 37.8 Å². The van der Waals surface area contributed by atoms with Crippen LogP contribution in [0, 0.1) is 5.41 Å². The molecule has 1 aromatic rings. The molecule has 1 heterocycles. The monoisotopic (exact) mass is 355 g/mol. The zero-order valence-electron chi connectivity index (χ0n) is 14.7. The molecule has 0 aromatic heterocycles. The number of benzene rings is 1. The summed E-state index contributed by atoms with van der Waals surface area (Å²) < 4.78 is 4.51. The number of hydrogen-bond donors (Lipinski definition) is 0. The van der Waals surface area contributed by atoms with E-state index in [1.807, 2.05) is 6.07 Å². The van der Waals surface area contributed by atoms with E-state index < -0.39 is 28.8 Å². The second-order valence-electron chi connectivity index (χ2n) is 6.07. The molecule has 1 unspecified atom stereocenters. The zero-order valence-corrected chi connectivity index (χ0v) is 14.7. The number of carbonyl (C=O) groups is 3. The first-order valence-electron chi connectivity index (χ1n) is 8.35. The van der Waals surface area contributed by atoms with E-state index in [9.17, 15) is 14.4 Å². The van der Waals surface area contributed by atoms with E-state index >= 15 is 0 Å². The molecule has 0 saturated carbocycles. The smallest absolute Gasteiger partial charge is 0.442 e. The highest BCUT2D eigenvalue weighted by atomic mass is 16.5. The van der Waals surface area contributed by atoms with Crippen LogP contribution in [0.5, 0.6) is 0 Å². The van der Waals surface area contributed by atoms with Crippen molar-refractivity contribution >= 4 is 29.1 Å². The van der Waals surface area contributed by atoms with E-state index in [-0.39, 0.29) is 12.8 Å². The summed E-state index contributed by atoms with van der Waals surface area (Å²) in [4.78, 5) is 42.3. The summed E-state index contributed by atoms with van der Waals surface area (Å²) in [5, 5.41) is 0. The number of unbranched alkanes of at least 4 members (excludes halogenated alkanes) is 1. The topological polar surface area (TPSA) is 100 Å². The molecule has 1 aliphatic rings. The minimum Gasteiger partial charge on any atom is -0.460 e. The van der Waals surface area contributed by atoms with E-state index in [0.29, 0.717) is 25.1 Å². The van der Waals surface area contributed by atoms with Crippen LogP contribution in [0.1, 0.15) is 25.7 Å². The number of ether oxygens (including phenoxy) is 1. The Hall–Kier alpha value is -3.05. The van der Waals surface area contributed by atoms with Crippen LogP contribution >= 0.6 is 0 Å². The standard InChI is InChI=1S/C19H21N3O4/c1-3-4-8-11-19(16(23)15(21-20)17(24)26-2)12-13-22(18(19)25)14-9-6-5-7-10-14/h3,5-7,9-10H,1,4,8,11-13H2,2H3. The summed E-state index contributed by atoms with van der Waals surface area (Å²) in [6.07, 6.45) is 3.33. The highest BCUT2D eigenvalue weighted by Crippen LogP contribution is 2.40. The van der Waals surface area contributed by atoms with Crippen molar-refractivity contribution in [1.29, 1.82) is 0 Å². The molecule has 1 atom stereocenters. The molecule has 26 heavy (non-hydrogen) atoms. The van der Waals surface area contributed by atoms with E-state index in [1.54, 1.807) is 30.3 Å². The third kappa shape index (κ3) is 3.48. The fraction of sp³-hybridized carbons (Fsp3) is 0.368. The molecule has 0 aliphatic carbocycles. The van der Waals surface area contributed by atoms with Crippen molar-refractivity contribution in [2.75, 3.05) is 18.6 Å². The lowest BCUT2D eigenvalue weighted by Gasteiger charge is -2.24. The Kier molecular flexibility index (Phi) is 6.20. The Morgan fingerprint density at radius 2 is 2.08 bits per heavy atom. The molecule has 0 bridgehead atoms. The second-order valence-corrected chi connectivity index (χ2v) is 6.07. The lowest BCUT2D eigenvalue weighted by Crippen LogP contribution is -2.46. The van der Waals surface area contributed by atoms with E-state index in [2.05, 4.69) is 16.1 Å². The number of esters is 1. The summed E-state index contributed by atoms with van der Waals surface area (Å²) in [6.45, 7) is 3.98. The van der Waals surface area contributed by atoms with Gasteiger partial charge in [0.15, 0.2) is 0 Å². The fourth-order valence-electron chi connectivity index (χ4n) is 3.23. The number of ketones is 1. The minimum absolute atomic E-state index is 0.229. The molecule has 2 rings (SSSR count). The van der Waals surface area contributed by atoms with Crippen molar-refractivity contribution in [3.63, 3.8) is 0 Å². The van der Waals surface area contributed by atoms with Crippen molar-refractivity contribution in [2.45, 2.75) is 25.7 Å². The third-order valence-electron chi connectivity index (χ3n) is 4.62. The number of carbonyl (C=O) groups excluding carboxylic acids is 3. The number of rotatable bonds is 8. The summed E-state index contributed by atoms with van der Waals surface area (Å²) >= 11 is 0. The van der Waals surface area contributed by atoms with E-state index in [4.69, 9.17) is 5.53 Å². The normalized spacial score (nSPS) is 19.0. The minimum atomic E-state index is -1.45. The second kappa shape index (κ2) is 8.36. The summed E-state index contributed by atoms with van der Waals surface area (Å²) in [6, 6.07) is 9.00. The molecule has 0 spiro atoms. The molecule has 0 N–H and O–H groups in total. The molecule has 1 amide bonds. The van der Waals surface area contributed by atoms with Crippen LogP contribution in [-0.4, -0.2) is 41.8 Å². The predicted molar refractivity (Wildman–Crippen MR) is 95.5 cm³/mol. The Balaban J connectivity index is 2.42. The Bertz CT molecular complexity index is 768. The van der Waals surface area contributed by atoms with Crippen molar-refractivity contribution in [3.05, 3.63) is 48.5 Å². The van der Waals surface area contributed by atoms with Gasteiger partial charge in [-0.1, -0.05) is 24.3 Å². The lowest BCUT2D eigenvalue weighted by molar-refractivity contribution is -0.143. The molecule has 7 heteroatoms. The number of allylic oxidation sites excluding steroid dienone is 1. The molecule has 1 saturated heterocycles. The maximum absolute atomic E-state index is 13.2. The number of Topliss-reactive ketones (excluding diaryl/α,β-unsaturated/α-hetero) is 1. The van der Waals surface area contributed by atoms with Crippen LogP contribution in [0.2, 0.25) is 0 Å². The first-order valence-corrected chi connectivity index (χ1v) is 8.35. The van der Waals surface area contributed by atoms with Gasteiger partial charge >= 0.3 is 11.7 Å². The number of hydrogen-bond acceptors (Lipinski definition) is 4. The maximum Gasteiger partial charge on any atom is 0.442 e. The molecule has 1 fully saturated rings. The van der Waals surface area contributed by atoms with Gasteiger partial charge < -0.3 is 15.2 Å². The van der Waals surface area contributed by atoms with Gasteiger partial charge in [0.05, 0.1) is 7.11 Å². The Morgan fingerprint density at radius 1 is 1.38 bits per heavy atom. The van der Waals surface area contributed by atoms with Crippen molar-refractivity contribution in [1.82, 2.24) is 0 Å². The molecule has 136 valence electrons. The van der Waals surface area contributed by atoms with Crippen LogP contribution in [0.15, 0.2) is 43.0 Å². The van der Waals surface area contributed by atoms with E-state index in [1.165, 1.54) is 4.90 Å². The zero-order chi connectivity index (χ0) is 19.2. The number of anilines is 1. The van der Waals surface area contributed by atoms with Gasteiger partial charge in [-0.15, -0.1) is 6.58 Å². The van der Waals surface area contributed by atoms with Crippen molar-refractivity contribution in [3.8, 4) is 0 Å². The summed E-state index contributed by atoms with van der Waals surface area (Å²) in [5.41, 5.74) is 7.61. The molecule has 1 aliphatic heterocycles. The molecule has 0 radical (unpaired) electrons. The Morgan fingerprint density at radius 3 is 2.65 bits per heavy atom. The predicted octanol–water partition coefficient (Wildman–Crippen LogP) is 2.18. The van der Waals surface area contributed by atoms with Gasteiger partial charge in [-0.25, -0.2) is 4.79 Å². The summed E-state index contributed by atoms with van der Waals surface area (Å²) in [5.74, 6) is -2.27. The maximum atomic E-state index is 13.2. The molecular weight excluding hydrogens is 334 g/mol.